The van der Waals surface area contributed by atoms with Gasteiger partial charge in [-0.05, 0) is 29.5 Å². The molecule has 0 N–H and O–H groups in total. The Morgan fingerprint density at radius 1 is 1.21 bits per heavy atom. The smallest absolute Gasteiger partial charge is 0.0510 e. The molecule has 0 spiro atoms. The monoisotopic (exact) mass is 189 g/mol. The third-order valence-electron chi connectivity index (χ3n) is 2.16. The van der Waals surface area contributed by atoms with E-state index in [-0.39, 0.29) is 0 Å². The molecular formula is C11H15N3. The largest absolute Gasteiger partial charge is 0.0893 e. The van der Waals surface area contributed by atoms with Gasteiger partial charge in [0, 0.05) is 4.91 Å². The first-order valence-corrected chi connectivity index (χ1v) is 4.95. The Balaban J connectivity index is 2.54. The van der Waals surface area contributed by atoms with E-state index in [1.54, 1.807) is 0 Å². The van der Waals surface area contributed by atoms with Crippen molar-refractivity contribution in [1.29, 1.82) is 0 Å². The number of hydrogen-bond acceptors (Lipinski definition) is 1. The molecular weight excluding hydrogens is 174 g/mol. The van der Waals surface area contributed by atoms with Crippen molar-refractivity contribution in [3.63, 3.8) is 0 Å². The SMILES string of the molecule is CCCCc1ccc(CN=[N+]=[N-])cc1. The molecule has 0 aliphatic rings. The summed E-state index contributed by atoms with van der Waals surface area (Å²) >= 11 is 0. The van der Waals surface area contributed by atoms with Crippen molar-refractivity contribution in [2.45, 2.75) is 32.7 Å². The highest BCUT2D eigenvalue weighted by Crippen LogP contribution is 2.08. The van der Waals surface area contributed by atoms with E-state index in [0.29, 0.717) is 6.54 Å². The quantitative estimate of drug-likeness (QED) is 0.384. The highest BCUT2D eigenvalue weighted by Gasteiger charge is 1.93. The molecule has 14 heavy (non-hydrogen) atoms. The van der Waals surface area contributed by atoms with Gasteiger partial charge < -0.3 is 0 Å². The molecule has 0 unspecified atom stereocenters. The Hall–Kier alpha value is -1.47. The fraction of sp³-hybridized carbons (Fsp3) is 0.455. The number of unbranched alkanes of at least 4 members (excludes halogenated alkanes) is 1. The summed E-state index contributed by atoms with van der Waals surface area (Å²) in [6, 6.07) is 8.27. The third-order valence-corrected chi connectivity index (χ3v) is 2.16. The van der Waals surface area contributed by atoms with Crippen LogP contribution in [0.4, 0.5) is 0 Å². The second-order valence-corrected chi connectivity index (χ2v) is 3.31. The zero-order chi connectivity index (χ0) is 10.2. The second kappa shape index (κ2) is 6.06. The normalized spacial score (nSPS) is 9.50. The zero-order valence-corrected chi connectivity index (χ0v) is 8.48. The predicted molar refractivity (Wildman–Crippen MR) is 57.9 cm³/mol. The molecule has 0 amide bonds. The average molecular weight is 189 g/mol. The van der Waals surface area contributed by atoms with Gasteiger partial charge in [0.1, 0.15) is 0 Å². The Kier molecular flexibility index (Phi) is 4.59. The molecule has 0 aliphatic heterocycles. The van der Waals surface area contributed by atoms with Crippen LogP contribution in [0.25, 0.3) is 10.4 Å². The molecule has 0 bridgehead atoms. The summed E-state index contributed by atoms with van der Waals surface area (Å²) in [6.07, 6.45) is 3.59. The minimum atomic E-state index is 0.449. The van der Waals surface area contributed by atoms with Crippen LogP contribution in [0.1, 0.15) is 30.9 Å². The fourth-order valence-corrected chi connectivity index (χ4v) is 1.31. The molecule has 0 saturated carbocycles. The molecule has 3 heteroatoms. The van der Waals surface area contributed by atoms with Crippen molar-refractivity contribution < 1.29 is 0 Å². The Morgan fingerprint density at radius 3 is 2.43 bits per heavy atom. The van der Waals surface area contributed by atoms with E-state index in [1.165, 1.54) is 18.4 Å². The lowest BCUT2D eigenvalue weighted by atomic mass is 10.1. The number of aryl methyl sites for hydroxylation is 1. The first-order chi connectivity index (χ1) is 6.86. The lowest BCUT2D eigenvalue weighted by Crippen LogP contribution is -1.86. The van der Waals surface area contributed by atoms with Gasteiger partial charge in [-0.1, -0.05) is 42.7 Å². The summed E-state index contributed by atoms with van der Waals surface area (Å²) in [5, 5.41) is 3.51. The van der Waals surface area contributed by atoms with Crippen LogP contribution in [-0.4, -0.2) is 0 Å². The topological polar surface area (TPSA) is 48.8 Å². The fourth-order valence-electron chi connectivity index (χ4n) is 1.31. The van der Waals surface area contributed by atoms with Crippen LogP contribution in [0.15, 0.2) is 29.4 Å². The highest BCUT2D eigenvalue weighted by atomic mass is 15.1. The first-order valence-electron chi connectivity index (χ1n) is 4.95. The molecule has 1 aromatic rings. The second-order valence-electron chi connectivity index (χ2n) is 3.31. The molecule has 0 aromatic heterocycles. The van der Waals surface area contributed by atoms with Gasteiger partial charge in [-0.2, -0.15) is 0 Å². The van der Waals surface area contributed by atoms with Gasteiger partial charge in [-0.25, -0.2) is 0 Å². The standard InChI is InChI=1S/C11H15N3/c1-2-3-4-10-5-7-11(8-6-10)9-13-14-12/h5-8H,2-4,9H2,1H3. The number of hydrogen-bond donors (Lipinski definition) is 0. The predicted octanol–water partition coefficient (Wildman–Crippen LogP) is 3.84. The Morgan fingerprint density at radius 2 is 1.86 bits per heavy atom. The minimum Gasteiger partial charge on any atom is -0.0893 e. The Labute approximate surface area is 84.4 Å². The number of benzene rings is 1. The van der Waals surface area contributed by atoms with Gasteiger partial charge in [-0.3, -0.25) is 0 Å². The van der Waals surface area contributed by atoms with Crippen LogP contribution in [-0.2, 0) is 13.0 Å². The van der Waals surface area contributed by atoms with Crippen LogP contribution < -0.4 is 0 Å². The summed E-state index contributed by atoms with van der Waals surface area (Å²) in [5.74, 6) is 0. The van der Waals surface area contributed by atoms with Gasteiger partial charge >= 0.3 is 0 Å². The maximum atomic E-state index is 8.16. The molecule has 0 saturated heterocycles. The first kappa shape index (κ1) is 10.6. The minimum absolute atomic E-state index is 0.449. The maximum absolute atomic E-state index is 8.16. The lowest BCUT2D eigenvalue weighted by Gasteiger charge is -2.00. The zero-order valence-electron chi connectivity index (χ0n) is 8.48. The molecule has 74 valence electrons. The van der Waals surface area contributed by atoms with Gasteiger partial charge in [0.2, 0.25) is 0 Å². The third kappa shape index (κ3) is 3.50. The van der Waals surface area contributed by atoms with Crippen molar-refractivity contribution >= 4 is 0 Å². The maximum Gasteiger partial charge on any atom is 0.0510 e. The van der Waals surface area contributed by atoms with Crippen molar-refractivity contribution in [1.82, 2.24) is 0 Å². The van der Waals surface area contributed by atoms with E-state index in [9.17, 15) is 0 Å². The van der Waals surface area contributed by atoms with Crippen molar-refractivity contribution in [2.24, 2.45) is 5.11 Å². The van der Waals surface area contributed by atoms with Crippen LogP contribution in [0.3, 0.4) is 0 Å². The molecule has 1 rings (SSSR count). The van der Waals surface area contributed by atoms with E-state index >= 15 is 0 Å². The van der Waals surface area contributed by atoms with Crippen LogP contribution >= 0.6 is 0 Å². The number of azide groups is 1. The molecule has 0 radical (unpaired) electrons. The van der Waals surface area contributed by atoms with Gasteiger partial charge in [-0.15, -0.1) is 0 Å². The van der Waals surface area contributed by atoms with Crippen LogP contribution in [0.2, 0.25) is 0 Å². The van der Waals surface area contributed by atoms with E-state index in [2.05, 4.69) is 29.1 Å². The van der Waals surface area contributed by atoms with E-state index in [1.807, 2.05) is 12.1 Å². The van der Waals surface area contributed by atoms with E-state index in [4.69, 9.17) is 5.53 Å². The molecule has 0 aliphatic carbocycles. The van der Waals surface area contributed by atoms with Gasteiger partial charge in [0.05, 0.1) is 6.54 Å². The van der Waals surface area contributed by atoms with Crippen molar-refractivity contribution in [3.8, 4) is 0 Å². The highest BCUT2D eigenvalue weighted by molar-refractivity contribution is 5.22. The molecule has 3 nitrogen and oxygen atoms in total. The number of rotatable bonds is 5. The number of nitrogens with zero attached hydrogens (tertiary/aromatic N) is 3. The van der Waals surface area contributed by atoms with Gasteiger partial charge in [0.25, 0.3) is 0 Å². The van der Waals surface area contributed by atoms with Crippen LogP contribution in [0, 0.1) is 0 Å². The molecule has 0 atom stereocenters. The van der Waals surface area contributed by atoms with Crippen molar-refractivity contribution in [2.75, 3.05) is 0 Å². The van der Waals surface area contributed by atoms with Gasteiger partial charge in [0.15, 0.2) is 0 Å². The molecule has 0 heterocycles. The Bertz CT molecular complexity index is 310. The van der Waals surface area contributed by atoms with E-state index < -0.39 is 0 Å². The summed E-state index contributed by atoms with van der Waals surface area (Å²) in [7, 11) is 0. The summed E-state index contributed by atoms with van der Waals surface area (Å²) in [4.78, 5) is 2.73. The van der Waals surface area contributed by atoms with Crippen LogP contribution in [0.5, 0.6) is 0 Å². The van der Waals surface area contributed by atoms with Crippen molar-refractivity contribution in [3.05, 3.63) is 45.8 Å². The van der Waals surface area contributed by atoms with E-state index in [0.717, 1.165) is 12.0 Å². The summed E-state index contributed by atoms with van der Waals surface area (Å²) in [6.45, 7) is 2.64. The summed E-state index contributed by atoms with van der Waals surface area (Å²) < 4.78 is 0. The molecule has 0 fully saturated rings. The lowest BCUT2D eigenvalue weighted by molar-refractivity contribution is 0.794. The molecule has 1 aromatic carbocycles. The summed E-state index contributed by atoms with van der Waals surface area (Å²) in [5.41, 5.74) is 10.6. The average Bonchev–Trinajstić information content (AvgIpc) is 2.25.